The Kier molecular flexibility index (Phi) is 4.21. The number of anilines is 2. The minimum atomic E-state index is 0.560. The topological polar surface area (TPSA) is 29.3 Å². The molecule has 1 aromatic carbocycles. The lowest BCUT2D eigenvalue weighted by atomic mass is 9.72. The highest BCUT2D eigenvalue weighted by atomic mass is 79.9. The molecule has 3 heteroatoms. The van der Waals surface area contributed by atoms with Gasteiger partial charge in [-0.15, -0.1) is 0 Å². The third-order valence-electron chi connectivity index (χ3n) is 3.93. The molecular formula is C15H23BrN2. The summed E-state index contributed by atoms with van der Waals surface area (Å²) in [4.78, 5) is 2.47. The standard InChI is InChI=1S/C15H23BrN2/c1-3-7-15(8-4-2)10-18(11-15)14-6-5-12(17)9-13(14)16/h5-6,9H,3-4,7-8,10-11,17H2,1-2H3. The molecule has 0 spiro atoms. The molecule has 2 N–H and O–H groups in total. The van der Waals surface area contributed by atoms with Crippen LogP contribution in [0.3, 0.4) is 0 Å². The summed E-state index contributed by atoms with van der Waals surface area (Å²) in [6, 6.07) is 6.11. The van der Waals surface area contributed by atoms with Gasteiger partial charge in [-0.2, -0.15) is 0 Å². The Morgan fingerprint density at radius 2 is 1.83 bits per heavy atom. The van der Waals surface area contributed by atoms with Crippen molar-refractivity contribution >= 4 is 27.3 Å². The number of nitrogen functional groups attached to an aromatic ring is 1. The van der Waals surface area contributed by atoms with Crippen molar-refractivity contribution in [3.05, 3.63) is 22.7 Å². The molecule has 0 aliphatic carbocycles. The first-order chi connectivity index (χ1) is 8.60. The smallest absolute Gasteiger partial charge is 0.0512 e. The molecule has 0 radical (unpaired) electrons. The average molecular weight is 311 g/mol. The van der Waals surface area contributed by atoms with Gasteiger partial charge < -0.3 is 10.6 Å². The van der Waals surface area contributed by atoms with E-state index in [1.807, 2.05) is 12.1 Å². The molecule has 0 aromatic heterocycles. The minimum Gasteiger partial charge on any atom is -0.399 e. The predicted octanol–water partition coefficient (Wildman–Crippen LogP) is 4.44. The van der Waals surface area contributed by atoms with Gasteiger partial charge in [-0.1, -0.05) is 26.7 Å². The minimum absolute atomic E-state index is 0.560. The van der Waals surface area contributed by atoms with E-state index in [-0.39, 0.29) is 0 Å². The fourth-order valence-corrected chi connectivity index (χ4v) is 3.86. The van der Waals surface area contributed by atoms with Crippen LogP contribution in [0.5, 0.6) is 0 Å². The molecule has 0 saturated carbocycles. The largest absolute Gasteiger partial charge is 0.399 e. The fourth-order valence-electron chi connectivity index (χ4n) is 3.22. The van der Waals surface area contributed by atoms with Crippen molar-refractivity contribution in [1.29, 1.82) is 0 Å². The molecule has 1 heterocycles. The summed E-state index contributed by atoms with van der Waals surface area (Å²) in [5.74, 6) is 0. The Hall–Kier alpha value is -0.700. The molecule has 0 unspecified atom stereocenters. The number of rotatable bonds is 5. The fraction of sp³-hybridized carbons (Fsp3) is 0.600. The number of hydrogen-bond acceptors (Lipinski definition) is 2. The van der Waals surface area contributed by atoms with Gasteiger partial charge in [0.1, 0.15) is 0 Å². The SMILES string of the molecule is CCCC1(CCC)CN(c2ccc(N)cc2Br)C1. The number of nitrogens with zero attached hydrogens (tertiary/aromatic N) is 1. The predicted molar refractivity (Wildman–Crippen MR) is 83.0 cm³/mol. The van der Waals surface area contributed by atoms with Crippen molar-refractivity contribution in [3.63, 3.8) is 0 Å². The van der Waals surface area contributed by atoms with Crippen LogP contribution in [0.25, 0.3) is 0 Å². The zero-order chi connectivity index (χ0) is 13.2. The maximum atomic E-state index is 5.79. The van der Waals surface area contributed by atoms with Gasteiger partial charge in [0.15, 0.2) is 0 Å². The average Bonchev–Trinajstić information content (AvgIpc) is 2.26. The van der Waals surface area contributed by atoms with Crippen LogP contribution in [-0.2, 0) is 0 Å². The lowest BCUT2D eigenvalue weighted by Crippen LogP contribution is -2.56. The Bertz CT molecular complexity index is 403. The zero-order valence-corrected chi connectivity index (χ0v) is 13.0. The molecule has 2 nitrogen and oxygen atoms in total. The number of halogens is 1. The van der Waals surface area contributed by atoms with E-state index in [0.717, 1.165) is 10.2 Å². The second kappa shape index (κ2) is 5.52. The van der Waals surface area contributed by atoms with Crippen molar-refractivity contribution in [2.24, 2.45) is 5.41 Å². The lowest BCUT2D eigenvalue weighted by molar-refractivity contribution is 0.173. The normalized spacial score (nSPS) is 17.6. The van der Waals surface area contributed by atoms with Crippen LogP contribution in [-0.4, -0.2) is 13.1 Å². The van der Waals surface area contributed by atoms with Crippen LogP contribution in [0, 0.1) is 5.41 Å². The highest BCUT2D eigenvalue weighted by Crippen LogP contribution is 2.44. The molecule has 1 aliphatic heterocycles. The van der Waals surface area contributed by atoms with E-state index in [1.165, 1.54) is 44.5 Å². The second-order valence-corrected chi connectivity index (χ2v) is 6.42. The van der Waals surface area contributed by atoms with Crippen molar-refractivity contribution < 1.29 is 0 Å². The van der Waals surface area contributed by atoms with Crippen molar-refractivity contribution in [2.75, 3.05) is 23.7 Å². The molecule has 2 rings (SSSR count). The first kappa shape index (κ1) is 13.7. The van der Waals surface area contributed by atoms with Gasteiger partial charge in [0.25, 0.3) is 0 Å². The van der Waals surface area contributed by atoms with Gasteiger partial charge in [-0.3, -0.25) is 0 Å². The maximum Gasteiger partial charge on any atom is 0.0512 e. The Labute approximate surface area is 119 Å². The van der Waals surface area contributed by atoms with Crippen LogP contribution in [0.2, 0.25) is 0 Å². The number of benzene rings is 1. The van der Waals surface area contributed by atoms with Gasteiger partial charge in [0.2, 0.25) is 0 Å². The summed E-state index contributed by atoms with van der Waals surface area (Å²) in [5, 5.41) is 0. The molecule has 0 amide bonds. The highest BCUT2D eigenvalue weighted by molar-refractivity contribution is 9.10. The van der Waals surface area contributed by atoms with E-state index in [2.05, 4.69) is 40.7 Å². The molecular weight excluding hydrogens is 288 g/mol. The Morgan fingerprint density at radius 3 is 2.33 bits per heavy atom. The summed E-state index contributed by atoms with van der Waals surface area (Å²) in [7, 11) is 0. The number of nitrogens with two attached hydrogens (primary N) is 1. The van der Waals surface area contributed by atoms with E-state index in [1.54, 1.807) is 0 Å². The van der Waals surface area contributed by atoms with E-state index >= 15 is 0 Å². The van der Waals surface area contributed by atoms with Crippen molar-refractivity contribution in [2.45, 2.75) is 39.5 Å². The van der Waals surface area contributed by atoms with Gasteiger partial charge in [-0.25, -0.2) is 0 Å². The Morgan fingerprint density at radius 1 is 1.22 bits per heavy atom. The van der Waals surface area contributed by atoms with Gasteiger partial charge >= 0.3 is 0 Å². The first-order valence-corrected chi connectivity index (χ1v) is 7.69. The second-order valence-electron chi connectivity index (χ2n) is 5.57. The van der Waals surface area contributed by atoms with Gasteiger partial charge in [0.05, 0.1) is 5.69 Å². The summed E-state index contributed by atoms with van der Waals surface area (Å²) in [6.07, 6.45) is 5.28. The first-order valence-electron chi connectivity index (χ1n) is 6.90. The zero-order valence-electron chi connectivity index (χ0n) is 11.4. The van der Waals surface area contributed by atoms with Crippen molar-refractivity contribution in [3.8, 4) is 0 Å². The molecule has 1 aliphatic rings. The van der Waals surface area contributed by atoms with Crippen LogP contribution in [0.4, 0.5) is 11.4 Å². The summed E-state index contributed by atoms with van der Waals surface area (Å²) in [6.45, 7) is 6.97. The van der Waals surface area contributed by atoms with Crippen LogP contribution in [0.15, 0.2) is 22.7 Å². The number of hydrogen-bond donors (Lipinski definition) is 1. The van der Waals surface area contributed by atoms with Crippen LogP contribution >= 0.6 is 15.9 Å². The quantitative estimate of drug-likeness (QED) is 0.815. The summed E-state index contributed by atoms with van der Waals surface area (Å²) >= 11 is 3.62. The van der Waals surface area contributed by atoms with E-state index in [0.29, 0.717) is 5.41 Å². The highest BCUT2D eigenvalue weighted by Gasteiger charge is 2.41. The van der Waals surface area contributed by atoms with Crippen molar-refractivity contribution in [1.82, 2.24) is 0 Å². The van der Waals surface area contributed by atoms with Crippen LogP contribution < -0.4 is 10.6 Å². The summed E-state index contributed by atoms with van der Waals surface area (Å²) in [5.41, 5.74) is 8.45. The third-order valence-corrected chi connectivity index (χ3v) is 4.56. The Balaban J connectivity index is 2.06. The molecule has 1 saturated heterocycles. The monoisotopic (exact) mass is 310 g/mol. The van der Waals surface area contributed by atoms with Crippen LogP contribution in [0.1, 0.15) is 39.5 Å². The van der Waals surface area contributed by atoms with E-state index in [4.69, 9.17) is 5.73 Å². The van der Waals surface area contributed by atoms with Gasteiger partial charge in [-0.05, 0) is 47.0 Å². The van der Waals surface area contributed by atoms with E-state index < -0.39 is 0 Å². The van der Waals surface area contributed by atoms with E-state index in [9.17, 15) is 0 Å². The summed E-state index contributed by atoms with van der Waals surface area (Å²) < 4.78 is 1.11. The molecule has 1 aromatic rings. The van der Waals surface area contributed by atoms with Gasteiger partial charge in [0, 0.05) is 28.7 Å². The molecule has 100 valence electrons. The molecule has 18 heavy (non-hydrogen) atoms. The molecule has 0 bridgehead atoms. The third kappa shape index (κ3) is 2.66. The lowest BCUT2D eigenvalue weighted by Gasteiger charge is -2.52. The maximum absolute atomic E-state index is 5.79. The molecule has 0 atom stereocenters. The molecule has 1 fully saturated rings.